The molecule has 0 radical (unpaired) electrons. The third-order valence-electron chi connectivity index (χ3n) is 4.58. The Balaban J connectivity index is 1.81. The van der Waals surface area contributed by atoms with Crippen molar-refractivity contribution in [3.05, 3.63) is 29.8 Å². The maximum Gasteiger partial charge on any atom is 0.311 e. The molecule has 1 aromatic rings. The van der Waals surface area contributed by atoms with Gasteiger partial charge in [-0.25, -0.2) is 0 Å². The van der Waals surface area contributed by atoms with Crippen molar-refractivity contribution in [2.24, 2.45) is 5.92 Å². The molecule has 1 saturated heterocycles. The fourth-order valence-electron chi connectivity index (χ4n) is 3.03. The third kappa shape index (κ3) is 5.80. The Hall–Kier alpha value is -2.90. The predicted molar refractivity (Wildman–Crippen MR) is 104 cm³/mol. The minimum atomic E-state index is -0.462. The van der Waals surface area contributed by atoms with E-state index in [1.54, 1.807) is 50.2 Å². The minimum Gasteiger partial charge on any atom is -0.455 e. The van der Waals surface area contributed by atoms with E-state index >= 15 is 0 Å². The number of hydrogen-bond acceptors (Lipinski definition) is 5. The topological polar surface area (TPSA) is 96.0 Å². The van der Waals surface area contributed by atoms with Crippen LogP contribution in [0.2, 0.25) is 0 Å². The maximum atomic E-state index is 12.2. The van der Waals surface area contributed by atoms with E-state index in [0.717, 1.165) is 6.42 Å². The molecule has 0 bridgehead atoms. The molecular weight excluding hydrogens is 362 g/mol. The largest absolute Gasteiger partial charge is 0.455 e. The van der Waals surface area contributed by atoms with Crippen LogP contribution in [-0.2, 0) is 19.1 Å². The van der Waals surface area contributed by atoms with E-state index in [4.69, 9.17) is 4.74 Å². The molecule has 2 rings (SSSR count). The molecular formula is C20H27N3O5. The summed E-state index contributed by atoms with van der Waals surface area (Å²) in [7, 11) is 3.33. The van der Waals surface area contributed by atoms with Gasteiger partial charge in [0, 0.05) is 44.9 Å². The average molecular weight is 389 g/mol. The summed E-state index contributed by atoms with van der Waals surface area (Å²) in [5.74, 6) is -1.43. The molecule has 1 unspecified atom stereocenters. The summed E-state index contributed by atoms with van der Waals surface area (Å²) in [6, 6.07) is 6.47. The van der Waals surface area contributed by atoms with Crippen molar-refractivity contribution in [3.8, 4) is 0 Å². The van der Waals surface area contributed by atoms with Gasteiger partial charge >= 0.3 is 5.97 Å². The van der Waals surface area contributed by atoms with Crippen molar-refractivity contribution in [3.63, 3.8) is 0 Å². The summed E-state index contributed by atoms with van der Waals surface area (Å²) in [6.07, 6.45) is 1.80. The molecule has 8 heteroatoms. The highest BCUT2D eigenvalue weighted by Crippen LogP contribution is 2.18. The van der Waals surface area contributed by atoms with Crippen LogP contribution >= 0.6 is 0 Å². The molecule has 1 fully saturated rings. The monoisotopic (exact) mass is 389 g/mol. The van der Waals surface area contributed by atoms with Crippen LogP contribution in [0.15, 0.2) is 24.3 Å². The Morgan fingerprint density at radius 2 is 1.86 bits per heavy atom. The standard InChI is InChI=1S/C20H27N3O5/c1-4-18(25)23-11-5-6-15(12-23)20(27)28-13-17(24)21-16-9-7-14(8-10-16)19(26)22(2)3/h7-10,15H,4-6,11-13H2,1-3H3,(H,21,24). The number of piperidine rings is 1. The lowest BCUT2D eigenvalue weighted by Gasteiger charge is -2.31. The Morgan fingerprint density at radius 3 is 2.46 bits per heavy atom. The van der Waals surface area contributed by atoms with Crippen LogP contribution in [0.3, 0.4) is 0 Å². The van der Waals surface area contributed by atoms with E-state index in [9.17, 15) is 19.2 Å². The number of likely N-dealkylation sites (tertiary alicyclic amines) is 1. The van der Waals surface area contributed by atoms with E-state index in [1.807, 2.05) is 0 Å². The Morgan fingerprint density at radius 1 is 1.18 bits per heavy atom. The number of ether oxygens (including phenoxy) is 1. The zero-order chi connectivity index (χ0) is 20.7. The van der Waals surface area contributed by atoms with E-state index in [1.165, 1.54) is 4.90 Å². The van der Waals surface area contributed by atoms with E-state index < -0.39 is 24.4 Å². The van der Waals surface area contributed by atoms with E-state index in [-0.39, 0.29) is 11.8 Å². The molecule has 1 atom stereocenters. The van der Waals surface area contributed by atoms with Crippen molar-refractivity contribution in [2.75, 3.05) is 39.1 Å². The lowest BCUT2D eigenvalue weighted by molar-refractivity contribution is -0.154. The number of rotatable bonds is 6. The molecule has 1 aliphatic heterocycles. The molecule has 28 heavy (non-hydrogen) atoms. The molecule has 0 spiro atoms. The van der Waals surface area contributed by atoms with Crippen LogP contribution in [0.25, 0.3) is 0 Å². The summed E-state index contributed by atoms with van der Waals surface area (Å²) in [5.41, 5.74) is 1.02. The number of hydrogen-bond donors (Lipinski definition) is 1. The molecule has 0 aromatic heterocycles. The summed E-state index contributed by atoms with van der Waals surface area (Å²) in [6.45, 7) is 2.39. The zero-order valence-electron chi connectivity index (χ0n) is 16.6. The van der Waals surface area contributed by atoms with Gasteiger partial charge in [-0.2, -0.15) is 0 Å². The number of nitrogens with one attached hydrogen (secondary N) is 1. The second kappa shape index (κ2) is 9.87. The molecule has 1 heterocycles. The van der Waals surface area contributed by atoms with E-state index in [2.05, 4.69) is 5.32 Å². The summed E-state index contributed by atoms with van der Waals surface area (Å²) in [5, 5.41) is 2.63. The van der Waals surface area contributed by atoms with Gasteiger partial charge in [0.2, 0.25) is 5.91 Å². The lowest BCUT2D eigenvalue weighted by Crippen LogP contribution is -2.42. The number of anilines is 1. The smallest absolute Gasteiger partial charge is 0.311 e. The molecule has 1 N–H and O–H groups in total. The van der Waals surface area contributed by atoms with Crippen molar-refractivity contribution in [2.45, 2.75) is 26.2 Å². The van der Waals surface area contributed by atoms with Crippen molar-refractivity contribution >= 4 is 29.4 Å². The van der Waals surface area contributed by atoms with Gasteiger partial charge < -0.3 is 19.9 Å². The first-order valence-electron chi connectivity index (χ1n) is 9.37. The van der Waals surface area contributed by atoms with E-state index in [0.29, 0.717) is 37.2 Å². The first kappa shape index (κ1) is 21.4. The zero-order valence-corrected chi connectivity index (χ0v) is 16.6. The summed E-state index contributed by atoms with van der Waals surface area (Å²) < 4.78 is 5.12. The van der Waals surface area contributed by atoms with Gasteiger partial charge in [0.05, 0.1) is 5.92 Å². The maximum absolute atomic E-state index is 12.2. The molecule has 0 aliphatic carbocycles. The highest BCUT2D eigenvalue weighted by atomic mass is 16.5. The van der Waals surface area contributed by atoms with Crippen LogP contribution in [0, 0.1) is 5.92 Å². The SMILES string of the molecule is CCC(=O)N1CCCC(C(=O)OCC(=O)Nc2ccc(C(=O)N(C)C)cc2)C1. The quantitative estimate of drug-likeness (QED) is 0.744. The van der Waals surface area contributed by atoms with Crippen molar-refractivity contribution < 1.29 is 23.9 Å². The van der Waals surface area contributed by atoms with Gasteiger partial charge in [-0.05, 0) is 37.1 Å². The fraction of sp³-hybridized carbons (Fsp3) is 0.500. The highest BCUT2D eigenvalue weighted by molar-refractivity contribution is 5.96. The molecule has 152 valence electrons. The normalized spacial score (nSPS) is 16.2. The third-order valence-corrected chi connectivity index (χ3v) is 4.58. The second-order valence-electron chi connectivity index (χ2n) is 6.97. The number of amides is 3. The van der Waals surface area contributed by atoms with Crippen LogP contribution in [0.5, 0.6) is 0 Å². The van der Waals surface area contributed by atoms with Gasteiger partial charge in [0.1, 0.15) is 0 Å². The van der Waals surface area contributed by atoms with Gasteiger partial charge in [0.25, 0.3) is 11.8 Å². The lowest BCUT2D eigenvalue weighted by atomic mass is 9.98. The first-order chi connectivity index (χ1) is 13.3. The fourth-order valence-corrected chi connectivity index (χ4v) is 3.03. The summed E-state index contributed by atoms with van der Waals surface area (Å²) in [4.78, 5) is 51.0. The second-order valence-corrected chi connectivity index (χ2v) is 6.97. The van der Waals surface area contributed by atoms with Gasteiger partial charge in [-0.1, -0.05) is 6.92 Å². The number of carbonyl (C=O) groups is 4. The van der Waals surface area contributed by atoms with Gasteiger partial charge in [0.15, 0.2) is 6.61 Å². The molecule has 3 amide bonds. The van der Waals surface area contributed by atoms with Gasteiger partial charge in [-0.15, -0.1) is 0 Å². The molecule has 8 nitrogen and oxygen atoms in total. The van der Waals surface area contributed by atoms with Crippen LogP contribution in [0.4, 0.5) is 5.69 Å². The van der Waals surface area contributed by atoms with Crippen LogP contribution in [-0.4, -0.2) is 67.3 Å². The molecule has 1 aliphatic rings. The number of esters is 1. The molecule has 1 aromatic carbocycles. The predicted octanol–water partition coefficient (Wildman–Crippen LogP) is 1.52. The first-order valence-corrected chi connectivity index (χ1v) is 9.37. The molecule has 0 saturated carbocycles. The Labute approximate surface area is 164 Å². The van der Waals surface area contributed by atoms with Crippen LogP contribution < -0.4 is 5.32 Å². The number of carbonyl (C=O) groups excluding carboxylic acids is 4. The Bertz CT molecular complexity index is 730. The minimum absolute atomic E-state index is 0.0199. The average Bonchev–Trinajstić information content (AvgIpc) is 2.71. The van der Waals surface area contributed by atoms with Gasteiger partial charge in [-0.3, -0.25) is 19.2 Å². The summed E-state index contributed by atoms with van der Waals surface area (Å²) >= 11 is 0. The van der Waals surface area contributed by atoms with Crippen LogP contribution in [0.1, 0.15) is 36.5 Å². The number of benzene rings is 1. The number of nitrogens with zero attached hydrogens (tertiary/aromatic N) is 2. The van der Waals surface area contributed by atoms with Crippen molar-refractivity contribution in [1.82, 2.24) is 9.80 Å². The van der Waals surface area contributed by atoms with Crippen molar-refractivity contribution in [1.29, 1.82) is 0 Å². The Kier molecular flexibility index (Phi) is 7.54. The highest BCUT2D eigenvalue weighted by Gasteiger charge is 2.29.